The fourth-order valence-electron chi connectivity index (χ4n) is 9.80. The number of nitrogens with one attached hydrogen (secondary N) is 2. The largest absolute Gasteiger partial charge is 0.497 e. The molecular weight excluding hydrogens is 637 g/mol. The molecule has 10 heteroatoms. The molecule has 1 aliphatic heterocycles. The number of carbonyl (C=O) groups excluding carboxylic acids is 2. The average molecular weight is 689 g/mol. The molecule has 264 valence electrons. The molecular formula is C39H52N4O5S. The maximum Gasteiger partial charge on any atom is 0.303 e. The number of fused-ring (bicyclic) bond motifs is 7. The molecule has 4 aliphatic rings. The van der Waals surface area contributed by atoms with E-state index in [1.165, 1.54) is 32.5 Å². The number of hydrogen-bond donors (Lipinski definition) is 2. The third-order valence-electron chi connectivity index (χ3n) is 13.2. The Balaban J connectivity index is 1.34. The molecule has 2 amide bonds. The first kappa shape index (κ1) is 34.1. The molecule has 2 bridgehead atoms. The van der Waals surface area contributed by atoms with E-state index in [9.17, 15) is 18.0 Å². The van der Waals surface area contributed by atoms with Crippen molar-refractivity contribution in [2.24, 2.45) is 22.7 Å². The smallest absolute Gasteiger partial charge is 0.303 e. The summed E-state index contributed by atoms with van der Waals surface area (Å²) in [5.41, 5.74) is 6.18. The second-order valence-electron chi connectivity index (χ2n) is 16.2. The minimum absolute atomic E-state index is 0.0740. The number of hydrogen-bond acceptors (Lipinski definition) is 5. The van der Waals surface area contributed by atoms with Gasteiger partial charge in [-0.3, -0.25) is 9.59 Å². The molecule has 0 spiro atoms. The van der Waals surface area contributed by atoms with Crippen molar-refractivity contribution in [2.75, 3.05) is 21.2 Å². The molecule has 1 aromatic heterocycles. The van der Waals surface area contributed by atoms with Gasteiger partial charge < -0.3 is 14.6 Å². The lowest BCUT2D eigenvalue weighted by Crippen LogP contribution is -2.52. The standard InChI is InChI=1S/C39H52N4O5S/c1-38(2)31-16-18-39(38,3)19-17-32(31)40-36(44)27-20-26-21-28(48-6)13-15-29(26)35-34(24-10-8-7-9-11-24)30-14-12-25(22-33(30)43(35)23-27)37(45)41-49(46,47)42(4)5/h12-15,21-22,24,27,31-32H,7-11,16-20,23H2,1-6H3,(H,40,44)(H,41,45)/t27?,31?,32-,39?/m0/s1. The highest BCUT2D eigenvalue weighted by atomic mass is 32.2. The lowest BCUT2D eigenvalue weighted by Gasteiger charge is -2.49. The van der Waals surface area contributed by atoms with Crippen LogP contribution < -0.4 is 14.8 Å². The first-order chi connectivity index (χ1) is 23.2. The van der Waals surface area contributed by atoms with E-state index in [1.54, 1.807) is 13.2 Å². The van der Waals surface area contributed by atoms with Crippen molar-refractivity contribution in [1.82, 2.24) is 18.9 Å². The maximum absolute atomic E-state index is 14.5. The molecule has 2 N–H and O–H groups in total. The van der Waals surface area contributed by atoms with Gasteiger partial charge in [0.1, 0.15) is 5.75 Å². The minimum atomic E-state index is -3.97. The summed E-state index contributed by atoms with van der Waals surface area (Å²) in [4.78, 5) is 27.9. The van der Waals surface area contributed by atoms with Gasteiger partial charge in [0.2, 0.25) is 5.91 Å². The molecule has 3 fully saturated rings. The molecule has 3 unspecified atom stereocenters. The number of benzene rings is 2. The maximum atomic E-state index is 14.5. The van der Waals surface area contributed by atoms with Gasteiger partial charge in [0, 0.05) is 48.7 Å². The topological polar surface area (TPSA) is 110 Å². The Morgan fingerprint density at radius 1 is 0.959 bits per heavy atom. The molecule has 0 radical (unpaired) electrons. The number of ether oxygens (including phenoxy) is 1. The van der Waals surface area contributed by atoms with Gasteiger partial charge in [-0.15, -0.1) is 0 Å². The van der Waals surface area contributed by atoms with Crippen LogP contribution in [0.2, 0.25) is 0 Å². The van der Waals surface area contributed by atoms with Gasteiger partial charge in [-0.1, -0.05) is 46.1 Å². The fourth-order valence-corrected chi connectivity index (χ4v) is 10.3. The summed E-state index contributed by atoms with van der Waals surface area (Å²) in [6, 6.07) is 11.9. The zero-order chi connectivity index (χ0) is 34.9. The highest BCUT2D eigenvalue weighted by Crippen LogP contribution is 2.62. The van der Waals surface area contributed by atoms with Crippen molar-refractivity contribution in [3.05, 3.63) is 53.1 Å². The lowest BCUT2D eigenvalue weighted by molar-refractivity contribution is -0.127. The highest BCUT2D eigenvalue weighted by molar-refractivity contribution is 7.87. The molecule has 3 aliphatic carbocycles. The van der Waals surface area contributed by atoms with Crippen molar-refractivity contribution in [3.8, 4) is 17.0 Å². The van der Waals surface area contributed by atoms with Crippen LogP contribution in [0.15, 0.2) is 36.4 Å². The van der Waals surface area contributed by atoms with Gasteiger partial charge in [-0.05, 0) is 109 Å². The Kier molecular flexibility index (Phi) is 8.66. The predicted octanol–water partition coefficient (Wildman–Crippen LogP) is 6.79. The summed E-state index contributed by atoms with van der Waals surface area (Å²) in [5, 5.41) is 4.64. The van der Waals surface area contributed by atoms with E-state index in [0.717, 1.165) is 82.7 Å². The predicted molar refractivity (Wildman–Crippen MR) is 193 cm³/mol. The van der Waals surface area contributed by atoms with Crippen LogP contribution in [0.3, 0.4) is 0 Å². The second-order valence-corrected chi connectivity index (χ2v) is 18.0. The molecule has 3 saturated carbocycles. The summed E-state index contributed by atoms with van der Waals surface area (Å²) in [6.45, 7) is 7.66. The summed E-state index contributed by atoms with van der Waals surface area (Å²) in [5.74, 6) is 0.622. The number of amides is 2. The number of methoxy groups -OCH3 is 1. The third-order valence-corrected chi connectivity index (χ3v) is 14.6. The summed E-state index contributed by atoms with van der Waals surface area (Å²) in [7, 11) is 0.485. The molecule has 49 heavy (non-hydrogen) atoms. The molecule has 3 aromatic rings. The van der Waals surface area contributed by atoms with Gasteiger partial charge in [0.15, 0.2) is 0 Å². The molecule has 2 aromatic carbocycles. The molecule has 9 nitrogen and oxygen atoms in total. The van der Waals surface area contributed by atoms with Crippen LogP contribution in [-0.4, -0.2) is 56.4 Å². The third kappa shape index (κ3) is 5.76. The molecule has 4 atom stereocenters. The Hall–Kier alpha value is -3.37. The van der Waals surface area contributed by atoms with Crippen molar-refractivity contribution in [1.29, 1.82) is 0 Å². The summed E-state index contributed by atoms with van der Waals surface area (Å²) in [6.07, 6.45) is 10.8. The SMILES string of the molecule is COc1ccc2c(c1)CC(C(=O)N[C@H]1CCC3(C)CCC1C3(C)C)Cn1c-2c(C2CCCCC2)c2ccc(C(=O)NS(=O)(=O)N(C)C)cc21. The number of nitrogens with zero attached hydrogens (tertiary/aromatic N) is 2. The monoisotopic (exact) mass is 688 g/mol. The fraction of sp³-hybridized carbons (Fsp3) is 0.590. The van der Waals surface area contributed by atoms with Gasteiger partial charge in [-0.25, -0.2) is 4.72 Å². The Morgan fingerprint density at radius 2 is 1.69 bits per heavy atom. The van der Waals surface area contributed by atoms with Crippen LogP contribution >= 0.6 is 0 Å². The van der Waals surface area contributed by atoms with E-state index < -0.39 is 16.1 Å². The van der Waals surface area contributed by atoms with E-state index in [0.29, 0.717) is 30.2 Å². The van der Waals surface area contributed by atoms with Gasteiger partial charge in [0.05, 0.1) is 18.7 Å². The quantitative estimate of drug-likeness (QED) is 0.284. The van der Waals surface area contributed by atoms with Crippen molar-refractivity contribution < 1.29 is 22.7 Å². The molecule has 7 rings (SSSR count). The summed E-state index contributed by atoms with van der Waals surface area (Å²) < 4.78 is 36.3. The van der Waals surface area contributed by atoms with Gasteiger partial charge >= 0.3 is 10.2 Å². The van der Waals surface area contributed by atoms with Crippen molar-refractivity contribution in [2.45, 2.75) is 103 Å². The highest BCUT2D eigenvalue weighted by Gasteiger charge is 2.57. The van der Waals surface area contributed by atoms with Crippen LogP contribution in [0.1, 0.15) is 106 Å². The van der Waals surface area contributed by atoms with E-state index in [4.69, 9.17) is 4.74 Å². The van der Waals surface area contributed by atoms with Crippen LogP contribution in [0.25, 0.3) is 22.2 Å². The van der Waals surface area contributed by atoms with Crippen LogP contribution in [0, 0.1) is 22.7 Å². The Bertz CT molecular complexity index is 1910. The second kappa shape index (κ2) is 12.4. The first-order valence-corrected chi connectivity index (χ1v) is 19.6. The zero-order valence-corrected chi connectivity index (χ0v) is 30.7. The van der Waals surface area contributed by atoms with Gasteiger partial charge in [0.25, 0.3) is 5.91 Å². The molecule has 2 heterocycles. The average Bonchev–Trinajstić information content (AvgIpc) is 3.33. The molecule has 0 saturated heterocycles. The number of aromatic nitrogens is 1. The Morgan fingerprint density at radius 3 is 2.41 bits per heavy atom. The minimum Gasteiger partial charge on any atom is -0.497 e. The van der Waals surface area contributed by atoms with E-state index in [2.05, 4.69) is 47.5 Å². The van der Waals surface area contributed by atoms with Gasteiger partial charge in [-0.2, -0.15) is 12.7 Å². The lowest BCUT2D eigenvalue weighted by atomic mass is 9.58. The van der Waals surface area contributed by atoms with E-state index in [1.807, 2.05) is 18.2 Å². The number of rotatable bonds is 7. The van der Waals surface area contributed by atoms with Crippen molar-refractivity contribution >= 4 is 32.9 Å². The Labute approximate surface area is 291 Å². The normalized spacial score (nSPS) is 26.6. The van der Waals surface area contributed by atoms with E-state index >= 15 is 0 Å². The first-order valence-electron chi connectivity index (χ1n) is 18.1. The van der Waals surface area contributed by atoms with Crippen LogP contribution in [0.4, 0.5) is 0 Å². The zero-order valence-electron chi connectivity index (χ0n) is 29.9. The van der Waals surface area contributed by atoms with Crippen molar-refractivity contribution in [3.63, 3.8) is 0 Å². The van der Waals surface area contributed by atoms with Crippen LogP contribution in [0.5, 0.6) is 5.75 Å². The van der Waals surface area contributed by atoms with E-state index in [-0.39, 0.29) is 28.8 Å². The van der Waals surface area contributed by atoms with Crippen LogP contribution in [-0.2, 0) is 28.0 Å². The number of carbonyl (C=O) groups is 2. The summed E-state index contributed by atoms with van der Waals surface area (Å²) >= 11 is 0.